The van der Waals surface area contributed by atoms with Gasteiger partial charge in [0.1, 0.15) is 5.82 Å². The number of rotatable bonds is 4. The zero-order valence-electron chi connectivity index (χ0n) is 9.10. The fourth-order valence-corrected chi connectivity index (χ4v) is 1.47. The summed E-state index contributed by atoms with van der Waals surface area (Å²) in [6.07, 6.45) is 3.52. The molecule has 0 radical (unpaired) electrons. The lowest BCUT2D eigenvalue weighted by molar-refractivity contribution is 0.576. The van der Waals surface area contributed by atoms with Crippen molar-refractivity contribution in [2.75, 3.05) is 5.43 Å². The van der Waals surface area contributed by atoms with Crippen molar-refractivity contribution in [3.63, 3.8) is 0 Å². The van der Waals surface area contributed by atoms with Gasteiger partial charge in [0.25, 0.3) is 0 Å². The largest absolute Gasteiger partial charge is 0.461 e. The number of aromatic nitrogens is 2. The highest BCUT2D eigenvalue weighted by molar-refractivity contribution is 5.50. The number of hydrazine groups is 1. The van der Waals surface area contributed by atoms with Crippen LogP contribution in [0.25, 0.3) is 11.6 Å². The van der Waals surface area contributed by atoms with E-state index in [0.29, 0.717) is 17.4 Å². The number of hydrogen-bond donors (Lipinski definition) is 2. The standard InChI is InChI=1S/C11H14N4O/c1-2-4-8-7-10(15-12)14-11(13-8)9-5-3-6-16-9/h3,5-7H,2,4,12H2,1H3,(H,13,14,15). The number of anilines is 1. The predicted octanol–water partition coefficient (Wildman–Crippen LogP) is 1.97. The maximum atomic E-state index is 5.37. The highest BCUT2D eigenvalue weighted by Crippen LogP contribution is 2.18. The quantitative estimate of drug-likeness (QED) is 0.606. The molecule has 5 nitrogen and oxygen atoms in total. The minimum absolute atomic E-state index is 0.559. The van der Waals surface area contributed by atoms with E-state index in [1.165, 1.54) is 0 Å². The summed E-state index contributed by atoms with van der Waals surface area (Å²) < 4.78 is 5.26. The Morgan fingerprint density at radius 1 is 1.44 bits per heavy atom. The second kappa shape index (κ2) is 4.76. The lowest BCUT2D eigenvalue weighted by Gasteiger charge is -2.05. The van der Waals surface area contributed by atoms with Gasteiger partial charge in [-0.15, -0.1) is 0 Å². The molecule has 0 aliphatic rings. The fourth-order valence-electron chi connectivity index (χ4n) is 1.47. The summed E-state index contributed by atoms with van der Waals surface area (Å²) in [5, 5.41) is 0. The molecule has 0 spiro atoms. The molecule has 0 fully saturated rings. The van der Waals surface area contributed by atoms with E-state index in [-0.39, 0.29) is 0 Å². The minimum atomic E-state index is 0.559. The van der Waals surface area contributed by atoms with Gasteiger partial charge < -0.3 is 9.84 Å². The maximum Gasteiger partial charge on any atom is 0.197 e. The van der Waals surface area contributed by atoms with E-state index in [1.807, 2.05) is 12.1 Å². The first-order chi connectivity index (χ1) is 7.83. The van der Waals surface area contributed by atoms with E-state index in [0.717, 1.165) is 18.5 Å². The SMILES string of the molecule is CCCc1cc(NN)nc(-c2ccco2)n1. The topological polar surface area (TPSA) is 77.0 Å². The number of nitrogens with one attached hydrogen (secondary N) is 1. The first-order valence-corrected chi connectivity index (χ1v) is 5.22. The van der Waals surface area contributed by atoms with Gasteiger partial charge >= 0.3 is 0 Å². The van der Waals surface area contributed by atoms with Gasteiger partial charge in [0, 0.05) is 11.8 Å². The molecular weight excluding hydrogens is 204 g/mol. The zero-order valence-corrected chi connectivity index (χ0v) is 9.10. The summed E-state index contributed by atoms with van der Waals surface area (Å²) in [5.74, 6) is 7.17. The van der Waals surface area contributed by atoms with Crippen molar-refractivity contribution >= 4 is 5.82 Å². The summed E-state index contributed by atoms with van der Waals surface area (Å²) >= 11 is 0. The second-order valence-electron chi connectivity index (χ2n) is 3.44. The van der Waals surface area contributed by atoms with Crippen LogP contribution in [0.5, 0.6) is 0 Å². The average molecular weight is 218 g/mol. The van der Waals surface area contributed by atoms with E-state index in [2.05, 4.69) is 22.3 Å². The van der Waals surface area contributed by atoms with Crippen LogP contribution in [0.3, 0.4) is 0 Å². The van der Waals surface area contributed by atoms with Crippen molar-refractivity contribution < 1.29 is 4.42 Å². The molecular formula is C11H14N4O. The average Bonchev–Trinajstić information content (AvgIpc) is 2.82. The van der Waals surface area contributed by atoms with Crippen LogP contribution < -0.4 is 11.3 Å². The molecule has 0 saturated carbocycles. The third kappa shape index (κ3) is 2.20. The monoisotopic (exact) mass is 218 g/mol. The first kappa shape index (κ1) is 10.6. The lowest BCUT2D eigenvalue weighted by atomic mass is 10.2. The third-order valence-electron chi connectivity index (χ3n) is 2.17. The number of hydrogen-bond acceptors (Lipinski definition) is 5. The Labute approximate surface area is 93.7 Å². The smallest absolute Gasteiger partial charge is 0.197 e. The number of furan rings is 1. The first-order valence-electron chi connectivity index (χ1n) is 5.22. The van der Waals surface area contributed by atoms with E-state index in [4.69, 9.17) is 10.3 Å². The van der Waals surface area contributed by atoms with Gasteiger partial charge in [-0.05, 0) is 18.6 Å². The number of nitrogen functional groups attached to an aromatic ring is 1. The summed E-state index contributed by atoms with van der Waals surface area (Å²) in [4.78, 5) is 8.65. The Hall–Kier alpha value is -1.88. The van der Waals surface area contributed by atoms with Gasteiger partial charge in [0.2, 0.25) is 0 Å². The van der Waals surface area contributed by atoms with Gasteiger partial charge in [-0.2, -0.15) is 0 Å². The number of aryl methyl sites for hydroxylation is 1. The summed E-state index contributed by atoms with van der Waals surface area (Å²) in [5.41, 5.74) is 3.49. The van der Waals surface area contributed by atoms with Gasteiger partial charge in [-0.25, -0.2) is 15.8 Å². The van der Waals surface area contributed by atoms with Gasteiger partial charge in [0.05, 0.1) is 6.26 Å². The zero-order chi connectivity index (χ0) is 11.4. The molecule has 2 aromatic heterocycles. The van der Waals surface area contributed by atoms with Crippen molar-refractivity contribution in [1.29, 1.82) is 0 Å². The lowest BCUT2D eigenvalue weighted by Crippen LogP contribution is -2.10. The molecule has 84 valence electrons. The molecule has 0 atom stereocenters. The van der Waals surface area contributed by atoms with E-state index >= 15 is 0 Å². The highest BCUT2D eigenvalue weighted by atomic mass is 16.3. The van der Waals surface area contributed by atoms with Crippen LogP contribution >= 0.6 is 0 Å². The van der Waals surface area contributed by atoms with Crippen molar-refractivity contribution in [2.45, 2.75) is 19.8 Å². The Kier molecular flexibility index (Phi) is 3.16. The van der Waals surface area contributed by atoms with E-state index in [1.54, 1.807) is 12.3 Å². The van der Waals surface area contributed by atoms with Crippen molar-refractivity contribution in [2.24, 2.45) is 5.84 Å². The second-order valence-corrected chi connectivity index (χ2v) is 3.44. The van der Waals surface area contributed by atoms with Crippen LogP contribution in [0.1, 0.15) is 19.0 Å². The highest BCUT2D eigenvalue weighted by Gasteiger charge is 2.07. The summed E-state index contributed by atoms with van der Waals surface area (Å²) in [6.45, 7) is 2.10. The van der Waals surface area contributed by atoms with Crippen molar-refractivity contribution in [3.05, 3.63) is 30.2 Å². The Morgan fingerprint density at radius 3 is 2.94 bits per heavy atom. The molecule has 5 heteroatoms. The number of nitrogens with zero attached hydrogens (tertiary/aromatic N) is 2. The maximum absolute atomic E-state index is 5.37. The summed E-state index contributed by atoms with van der Waals surface area (Å²) in [7, 11) is 0. The molecule has 0 aromatic carbocycles. The summed E-state index contributed by atoms with van der Waals surface area (Å²) in [6, 6.07) is 5.47. The molecule has 0 unspecified atom stereocenters. The van der Waals surface area contributed by atoms with E-state index < -0.39 is 0 Å². The van der Waals surface area contributed by atoms with Crippen LogP contribution in [0.4, 0.5) is 5.82 Å². The van der Waals surface area contributed by atoms with Gasteiger partial charge in [-0.3, -0.25) is 0 Å². The Morgan fingerprint density at radius 2 is 2.31 bits per heavy atom. The Balaban J connectivity index is 2.41. The van der Waals surface area contributed by atoms with Gasteiger partial charge in [-0.1, -0.05) is 13.3 Å². The normalized spacial score (nSPS) is 10.4. The molecule has 2 aromatic rings. The Bertz CT molecular complexity index is 453. The molecule has 16 heavy (non-hydrogen) atoms. The fraction of sp³-hybridized carbons (Fsp3) is 0.273. The molecule has 0 bridgehead atoms. The molecule has 2 rings (SSSR count). The van der Waals surface area contributed by atoms with Crippen LogP contribution in [-0.2, 0) is 6.42 Å². The van der Waals surface area contributed by atoms with Crippen molar-refractivity contribution in [1.82, 2.24) is 9.97 Å². The molecule has 0 aliphatic carbocycles. The van der Waals surface area contributed by atoms with Crippen LogP contribution in [-0.4, -0.2) is 9.97 Å². The predicted molar refractivity (Wildman–Crippen MR) is 61.5 cm³/mol. The van der Waals surface area contributed by atoms with Crippen LogP contribution in [0.15, 0.2) is 28.9 Å². The van der Waals surface area contributed by atoms with Crippen LogP contribution in [0, 0.1) is 0 Å². The van der Waals surface area contributed by atoms with Crippen LogP contribution in [0.2, 0.25) is 0 Å². The van der Waals surface area contributed by atoms with E-state index in [9.17, 15) is 0 Å². The molecule has 0 aliphatic heterocycles. The molecule has 0 amide bonds. The molecule has 2 heterocycles. The van der Waals surface area contributed by atoms with Gasteiger partial charge in [0.15, 0.2) is 11.6 Å². The minimum Gasteiger partial charge on any atom is -0.461 e. The molecule has 0 saturated heterocycles. The number of nitrogens with two attached hydrogens (primary N) is 1. The molecule has 3 N–H and O–H groups in total. The van der Waals surface area contributed by atoms with Crippen molar-refractivity contribution in [3.8, 4) is 11.6 Å². The third-order valence-corrected chi connectivity index (χ3v) is 2.17.